The maximum atomic E-state index is 13.3. The molecule has 32 heavy (non-hydrogen) atoms. The number of amides is 2. The number of fused-ring (bicyclic) bond motifs is 2. The average molecular weight is 426 g/mol. The van der Waals surface area contributed by atoms with Crippen LogP contribution in [-0.2, 0) is 12.0 Å². The van der Waals surface area contributed by atoms with Crippen molar-refractivity contribution in [2.75, 3.05) is 29.9 Å². The third-order valence-corrected chi connectivity index (χ3v) is 7.05. The summed E-state index contributed by atoms with van der Waals surface area (Å²) in [6.45, 7) is 8.04. The fourth-order valence-corrected chi connectivity index (χ4v) is 5.29. The largest absolute Gasteiger partial charge is 0.326 e. The highest BCUT2D eigenvalue weighted by atomic mass is 16.2. The molecule has 1 fully saturated rings. The van der Waals surface area contributed by atoms with Crippen LogP contribution in [0.5, 0.6) is 0 Å². The Bertz CT molecular complexity index is 1120. The van der Waals surface area contributed by atoms with E-state index in [1.54, 1.807) is 0 Å². The molecule has 1 N–H and O–H groups in total. The number of likely N-dealkylation sites (tertiary alicyclic amines) is 1. The Morgan fingerprint density at radius 2 is 1.66 bits per heavy atom. The molecule has 4 heteroatoms. The minimum atomic E-state index is -0.0377. The van der Waals surface area contributed by atoms with Gasteiger partial charge in [-0.25, -0.2) is 4.79 Å². The van der Waals surface area contributed by atoms with Crippen LogP contribution in [0.4, 0.5) is 16.2 Å². The van der Waals surface area contributed by atoms with E-state index in [1.165, 1.54) is 16.7 Å². The predicted molar refractivity (Wildman–Crippen MR) is 131 cm³/mol. The standard InChI is InChI=1S/C28H31N3O/c1-21-7-6-10-24(17-21)29-27(32)31-20-28(25-18-22(2)11-12-26(25)31)13-15-30(16-14-28)19-23-8-4-3-5-9-23/h3-12,17-18H,13-16,19-20H2,1-2H3,(H,29,32). The Kier molecular flexibility index (Phi) is 5.48. The highest BCUT2D eigenvalue weighted by Crippen LogP contribution is 2.47. The zero-order chi connectivity index (χ0) is 22.1. The quantitative estimate of drug-likeness (QED) is 0.568. The zero-order valence-corrected chi connectivity index (χ0v) is 19.0. The number of piperidine rings is 1. The highest BCUT2D eigenvalue weighted by molar-refractivity contribution is 6.03. The molecule has 2 amide bonds. The Morgan fingerprint density at radius 1 is 0.906 bits per heavy atom. The molecule has 3 aromatic rings. The number of nitrogens with one attached hydrogen (secondary N) is 1. The van der Waals surface area contributed by atoms with Gasteiger partial charge in [-0.05, 0) is 74.7 Å². The SMILES string of the molecule is Cc1cccc(NC(=O)N2CC3(CCN(Cc4ccccc4)CC3)c3cc(C)ccc32)c1. The van der Waals surface area contributed by atoms with Crippen LogP contribution in [0, 0.1) is 13.8 Å². The Labute approximate surface area is 190 Å². The zero-order valence-electron chi connectivity index (χ0n) is 19.0. The minimum Gasteiger partial charge on any atom is -0.308 e. The molecule has 1 saturated heterocycles. The van der Waals surface area contributed by atoms with Crippen molar-refractivity contribution in [2.24, 2.45) is 0 Å². The van der Waals surface area contributed by atoms with Gasteiger partial charge < -0.3 is 5.32 Å². The van der Waals surface area contributed by atoms with Gasteiger partial charge in [-0.1, -0.05) is 60.2 Å². The number of anilines is 2. The van der Waals surface area contributed by atoms with Gasteiger partial charge in [0.05, 0.1) is 0 Å². The van der Waals surface area contributed by atoms with Gasteiger partial charge in [-0.15, -0.1) is 0 Å². The van der Waals surface area contributed by atoms with Crippen molar-refractivity contribution in [3.05, 3.63) is 95.1 Å². The number of urea groups is 1. The summed E-state index contributed by atoms with van der Waals surface area (Å²) in [6, 6.07) is 25.2. The molecule has 0 atom stereocenters. The topological polar surface area (TPSA) is 35.6 Å². The molecule has 5 rings (SSSR count). The number of hydrogen-bond acceptors (Lipinski definition) is 2. The third-order valence-electron chi connectivity index (χ3n) is 7.05. The first kappa shape index (κ1) is 20.8. The molecule has 0 unspecified atom stereocenters. The van der Waals surface area contributed by atoms with Gasteiger partial charge >= 0.3 is 6.03 Å². The molecule has 2 heterocycles. The van der Waals surface area contributed by atoms with E-state index >= 15 is 0 Å². The van der Waals surface area contributed by atoms with Crippen LogP contribution >= 0.6 is 0 Å². The van der Waals surface area contributed by atoms with Crippen molar-refractivity contribution in [2.45, 2.75) is 38.6 Å². The maximum Gasteiger partial charge on any atom is 0.326 e. The molecular formula is C28H31N3O. The molecule has 0 bridgehead atoms. The second-order valence-corrected chi connectivity index (χ2v) is 9.45. The number of aryl methyl sites for hydroxylation is 2. The number of rotatable bonds is 3. The van der Waals surface area contributed by atoms with Crippen molar-refractivity contribution in [1.29, 1.82) is 0 Å². The van der Waals surface area contributed by atoms with Crippen LogP contribution in [-0.4, -0.2) is 30.6 Å². The van der Waals surface area contributed by atoms with Gasteiger partial charge in [0.1, 0.15) is 0 Å². The summed E-state index contributed by atoms with van der Waals surface area (Å²) in [5.74, 6) is 0. The Morgan fingerprint density at radius 3 is 2.41 bits per heavy atom. The molecule has 2 aliphatic rings. The average Bonchev–Trinajstić information content (AvgIpc) is 3.10. The lowest BCUT2D eigenvalue weighted by atomic mass is 9.74. The molecule has 4 nitrogen and oxygen atoms in total. The van der Waals surface area contributed by atoms with Crippen LogP contribution < -0.4 is 10.2 Å². The fraction of sp³-hybridized carbons (Fsp3) is 0.321. The maximum absolute atomic E-state index is 13.3. The molecule has 0 aliphatic carbocycles. The number of hydrogen-bond donors (Lipinski definition) is 1. The summed E-state index contributed by atoms with van der Waals surface area (Å²) in [7, 11) is 0. The van der Waals surface area contributed by atoms with Crippen LogP contribution in [0.25, 0.3) is 0 Å². The van der Waals surface area contributed by atoms with Crippen LogP contribution in [0.15, 0.2) is 72.8 Å². The summed E-state index contributed by atoms with van der Waals surface area (Å²) in [5.41, 5.74) is 7.07. The summed E-state index contributed by atoms with van der Waals surface area (Å²) >= 11 is 0. The molecule has 0 aromatic heterocycles. The smallest absolute Gasteiger partial charge is 0.308 e. The molecular weight excluding hydrogens is 394 g/mol. The van der Waals surface area contributed by atoms with E-state index < -0.39 is 0 Å². The normalized spacial score (nSPS) is 17.4. The van der Waals surface area contributed by atoms with Crippen LogP contribution in [0.2, 0.25) is 0 Å². The van der Waals surface area contributed by atoms with Gasteiger partial charge in [0.15, 0.2) is 0 Å². The summed E-state index contributed by atoms with van der Waals surface area (Å²) in [6.07, 6.45) is 2.15. The van der Waals surface area contributed by atoms with E-state index in [9.17, 15) is 4.79 Å². The lowest BCUT2D eigenvalue weighted by molar-refractivity contribution is 0.160. The van der Waals surface area contributed by atoms with Gasteiger partial charge in [-0.2, -0.15) is 0 Å². The van der Waals surface area contributed by atoms with Crippen molar-refractivity contribution in [3.8, 4) is 0 Å². The van der Waals surface area contributed by atoms with E-state index in [-0.39, 0.29) is 11.4 Å². The van der Waals surface area contributed by atoms with E-state index in [2.05, 4.69) is 65.7 Å². The number of carbonyl (C=O) groups excluding carboxylic acids is 1. The van der Waals surface area contributed by atoms with E-state index in [4.69, 9.17) is 0 Å². The first-order chi connectivity index (χ1) is 15.5. The Balaban J connectivity index is 1.35. The second-order valence-electron chi connectivity index (χ2n) is 9.45. The summed E-state index contributed by atoms with van der Waals surface area (Å²) in [4.78, 5) is 17.8. The van der Waals surface area contributed by atoms with Crippen LogP contribution in [0.1, 0.15) is 35.1 Å². The molecule has 164 valence electrons. The van der Waals surface area contributed by atoms with E-state index in [0.29, 0.717) is 0 Å². The van der Waals surface area contributed by atoms with E-state index in [0.717, 1.165) is 56.0 Å². The number of nitrogens with zero attached hydrogens (tertiary/aromatic N) is 2. The lowest BCUT2D eigenvalue weighted by Crippen LogP contribution is -2.46. The van der Waals surface area contributed by atoms with Crippen molar-refractivity contribution in [3.63, 3.8) is 0 Å². The van der Waals surface area contributed by atoms with Gasteiger partial charge in [0.25, 0.3) is 0 Å². The lowest BCUT2D eigenvalue weighted by Gasteiger charge is -2.40. The van der Waals surface area contributed by atoms with Gasteiger partial charge in [0.2, 0.25) is 0 Å². The minimum absolute atomic E-state index is 0.0377. The van der Waals surface area contributed by atoms with Gasteiger partial charge in [-0.3, -0.25) is 9.80 Å². The second kappa shape index (κ2) is 8.44. The van der Waals surface area contributed by atoms with Crippen LogP contribution in [0.3, 0.4) is 0 Å². The third kappa shape index (κ3) is 4.03. The Hall–Kier alpha value is -3.11. The summed E-state index contributed by atoms with van der Waals surface area (Å²) < 4.78 is 0. The molecule has 1 spiro atoms. The first-order valence-electron chi connectivity index (χ1n) is 11.6. The molecule has 3 aromatic carbocycles. The van der Waals surface area contributed by atoms with Gasteiger partial charge in [0, 0.05) is 29.9 Å². The van der Waals surface area contributed by atoms with Crippen molar-refractivity contribution < 1.29 is 4.79 Å². The van der Waals surface area contributed by atoms with E-state index in [1.807, 2.05) is 36.1 Å². The highest BCUT2D eigenvalue weighted by Gasteiger charge is 2.46. The number of benzene rings is 3. The van der Waals surface area contributed by atoms with Crippen molar-refractivity contribution >= 4 is 17.4 Å². The molecule has 0 saturated carbocycles. The number of carbonyl (C=O) groups is 1. The fourth-order valence-electron chi connectivity index (χ4n) is 5.29. The van der Waals surface area contributed by atoms with Crippen molar-refractivity contribution in [1.82, 2.24) is 4.90 Å². The molecule has 2 aliphatic heterocycles. The monoisotopic (exact) mass is 425 g/mol. The summed E-state index contributed by atoms with van der Waals surface area (Å²) in [5, 5.41) is 3.12. The predicted octanol–water partition coefficient (Wildman–Crippen LogP) is 5.89. The first-order valence-corrected chi connectivity index (χ1v) is 11.6. The molecule has 0 radical (unpaired) electrons.